The number of amides is 1. The number of piperidine rings is 1. The van der Waals surface area contributed by atoms with E-state index in [0.29, 0.717) is 13.0 Å². The molecule has 3 heterocycles. The van der Waals surface area contributed by atoms with E-state index in [-0.39, 0.29) is 29.9 Å². The van der Waals surface area contributed by atoms with Gasteiger partial charge < -0.3 is 5.32 Å². The number of nitrogens with one attached hydrogen (secondary N) is 1. The topological polar surface area (TPSA) is 45.2 Å². The Morgan fingerprint density at radius 1 is 1.17 bits per heavy atom. The smallest absolute Gasteiger partial charge is 0.356 e. The predicted molar refractivity (Wildman–Crippen MR) is 111 cm³/mol. The van der Waals surface area contributed by atoms with Crippen molar-refractivity contribution in [2.75, 3.05) is 13.1 Å². The van der Waals surface area contributed by atoms with Crippen LogP contribution in [0.15, 0.2) is 42.6 Å². The highest BCUT2D eigenvalue weighted by Crippen LogP contribution is 2.46. The zero-order valence-corrected chi connectivity index (χ0v) is 17.5. The lowest BCUT2D eigenvalue weighted by Crippen LogP contribution is -2.53. The van der Waals surface area contributed by atoms with E-state index in [2.05, 4.69) is 22.1 Å². The van der Waals surface area contributed by atoms with Crippen molar-refractivity contribution < 1.29 is 18.0 Å². The molecular weight excluding hydrogens is 415 g/mol. The number of carbonyl (C=O) groups excluding carboxylic acids is 1. The predicted octanol–water partition coefficient (Wildman–Crippen LogP) is 4.99. The first-order valence-corrected chi connectivity index (χ1v) is 9.99. The molecule has 2 saturated heterocycles. The van der Waals surface area contributed by atoms with Crippen molar-refractivity contribution in [1.29, 1.82) is 0 Å². The third-order valence-electron chi connectivity index (χ3n) is 6.28. The lowest BCUT2D eigenvalue weighted by molar-refractivity contribution is -0.137. The summed E-state index contributed by atoms with van der Waals surface area (Å²) in [5.74, 6) is 0.0989. The highest BCUT2D eigenvalue weighted by molar-refractivity contribution is 5.85. The molecule has 0 unspecified atom stereocenters. The second-order valence-corrected chi connectivity index (χ2v) is 7.89. The summed E-state index contributed by atoms with van der Waals surface area (Å²) < 4.78 is 38.5. The van der Waals surface area contributed by atoms with Crippen molar-refractivity contribution in [1.82, 2.24) is 15.2 Å². The van der Waals surface area contributed by atoms with Crippen molar-refractivity contribution in [3.8, 4) is 11.1 Å². The Morgan fingerprint density at radius 2 is 1.90 bits per heavy atom. The number of halogens is 4. The Balaban J connectivity index is 0.00000256. The minimum atomic E-state index is -4.34. The second kappa shape index (κ2) is 8.55. The van der Waals surface area contributed by atoms with Crippen LogP contribution < -0.4 is 5.32 Å². The van der Waals surface area contributed by atoms with Crippen LogP contribution in [0.3, 0.4) is 0 Å². The molecule has 1 N–H and O–H groups in total. The lowest BCUT2D eigenvalue weighted by Gasteiger charge is -2.42. The van der Waals surface area contributed by atoms with Crippen LogP contribution in [0, 0.1) is 0 Å². The van der Waals surface area contributed by atoms with Gasteiger partial charge in [0.2, 0.25) is 5.91 Å². The molecule has 2 aliphatic heterocycles. The fourth-order valence-corrected chi connectivity index (χ4v) is 4.90. The van der Waals surface area contributed by atoms with E-state index in [1.54, 1.807) is 6.20 Å². The average Bonchev–Trinajstić information content (AvgIpc) is 3.04. The van der Waals surface area contributed by atoms with E-state index in [1.807, 2.05) is 12.1 Å². The Hall–Kier alpha value is -2.12. The lowest BCUT2D eigenvalue weighted by atomic mass is 9.85. The van der Waals surface area contributed by atoms with Crippen molar-refractivity contribution >= 4 is 18.3 Å². The standard InChI is InChI=1S/C22H24F3N3O.ClH/c1-2-28-19(7-9-21(28)10-12-27-20(29)14-21)18-13-16(8-11-26-18)15-3-5-17(6-4-15)22(23,24)25;/h3-6,8,11,13,19H,2,7,9-10,12,14H2,1H3,(H,27,29);1H/t19-,21-;/m0./s1. The number of alkyl halides is 3. The van der Waals surface area contributed by atoms with Gasteiger partial charge in [-0.15, -0.1) is 12.4 Å². The molecule has 1 aromatic carbocycles. The number of likely N-dealkylation sites (tertiary alicyclic amines) is 1. The van der Waals surface area contributed by atoms with E-state index < -0.39 is 11.7 Å². The maximum absolute atomic E-state index is 12.8. The normalized spacial score (nSPS) is 24.5. The van der Waals surface area contributed by atoms with Crippen LogP contribution in [0.25, 0.3) is 11.1 Å². The van der Waals surface area contributed by atoms with Gasteiger partial charge in [0.05, 0.1) is 17.3 Å². The van der Waals surface area contributed by atoms with Crippen molar-refractivity contribution in [3.05, 3.63) is 53.9 Å². The molecule has 30 heavy (non-hydrogen) atoms. The van der Waals surface area contributed by atoms with Gasteiger partial charge in [-0.3, -0.25) is 14.7 Å². The third kappa shape index (κ3) is 4.18. The summed E-state index contributed by atoms with van der Waals surface area (Å²) in [4.78, 5) is 19.0. The Labute approximate surface area is 180 Å². The molecule has 4 rings (SSSR count). The second-order valence-electron chi connectivity index (χ2n) is 7.89. The number of aromatic nitrogens is 1. The van der Waals surface area contributed by atoms with Gasteiger partial charge in [0.15, 0.2) is 0 Å². The molecule has 2 aliphatic rings. The fraction of sp³-hybridized carbons (Fsp3) is 0.455. The molecular formula is C22H25ClF3N3O. The molecule has 2 atom stereocenters. The number of pyridine rings is 1. The average molecular weight is 440 g/mol. The highest BCUT2D eigenvalue weighted by Gasteiger charge is 2.48. The minimum absolute atomic E-state index is 0. The Kier molecular flexibility index (Phi) is 6.43. The number of hydrogen-bond donors (Lipinski definition) is 1. The van der Waals surface area contributed by atoms with Crippen molar-refractivity contribution in [2.45, 2.75) is 50.4 Å². The van der Waals surface area contributed by atoms with Crippen LogP contribution in [-0.4, -0.2) is 34.4 Å². The molecule has 1 spiro atoms. The van der Waals surface area contributed by atoms with Crippen LogP contribution in [0.2, 0.25) is 0 Å². The minimum Gasteiger partial charge on any atom is -0.356 e. The van der Waals surface area contributed by atoms with Crippen molar-refractivity contribution in [2.24, 2.45) is 0 Å². The molecule has 1 aromatic heterocycles. The molecule has 8 heteroatoms. The quantitative estimate of drug-likeness (QED) is 0.732. The number of nitrogens with zero attached hydrogens (tertiary/aromatic N) is 2. The molecule has 0 bridgehead atoms. The van der Waals surface area contributed by atoms with Gasteiger partial charge in [0.1, 0.15) is 0 Å². The SMILES string of the molecule is CCN1[C@H](c2cc(-c3ccc(C(F)(F)F)cc3)ccn2)CC[C@@]12CCNC(=O)C2.Cl. The van der Waals surface area contributed by atoms with Crippen LogP contribution in [0.4, 0.5) is 13.2 Å². The van der Waals surface area contributed by atoms with Crippen LogP contribution in [0.1, 0.15) is 49.9 Å². The zero-order valence-electron chi connectivity index (χ0n) is 16.7. The van der Waals surface area contributed by atoms with Crippen LogP contribution in [0.5, 0.6) is 0 Å². The van der Waals surface area contributed by atoms with Gasteiger partial charge in [-0.25, -0.2) is 0 Å². The number of benzene rings is 1. The number of rotatable bonds is 3. The van der Waals surface area contributed by atoms with Crippen LogP contribution >= 0.6 is 12.4 Å². The monoisotopic (exact) mass is 439 g/mol. The first-order chi connectivity index (χ1) is 13.8. The largest absolute Gasteiger partial charge is 0.416 e. The van der Waals surface area contributed by atoms with Gasteiger partial charge in [-0.1, -0.05) is 19.1 Å². The molecule has 0 radical (unpaired) electrons. The fourth-order valence-electron chi connectivity index (χ4n) is 4.90. The number of hydrogen-bond acceptors (Lipinski definition) is 3. The van der Waals surface area contributed by atoms with E-state index in [4.69, 9.17) is 0 Å². The van der Waals surface area contributed by atoms with E-state index in [9.17, 15) is 18.0 Å². The summed E-state index contributed by atoms with van der Waals surface area (Å²) in [6.45, 7) is 3.62. The summed E-state index contributed by atoms with van der Waals surface area (Å²) in [7, 11) is 0. The van der Waals surface area contributed by atoms with E-state index in [0.717, 1.165) is 54.8 Å². The van der Waals surface area contributed by atoms with Crippen molar-refractivity contribution in [3.63, 3.8) is 0 Å². The zero-order chi connectivity index (χ0) is 20.6. The molecule has 0 saturated carbocycles. The molecule has 2 fully saturated rings. The first kappa shape index (κ1) is 22.6. The molecule has 2 aromatic rings. The maximum atomic E-state index is 12.8. The van der Waals surface area contributed by atoms with E-state index in [1.165, 1.54) is 12.1 Å². The summed E-state index contributed by atoms with van der Waals surface area (Å²) in [6, 6.07) is 9.12. The van der Waals surface area contributed by atoms with Gasteiger partial charge in [0.25, 0.3) is 0 Å². The summed E-state index contributed by atoms with van der Waals surface area (Å²) >= 11 is 0. The van der Waals surface area contributed by atoms with Gasteiger partial charge in [-0.2, -0.15) is 13.2 Å². The van der Waals surface area contributed by atoms with Gasteiger partial charge >= 0.3 is 6.18 Å². The van der Waals surface area contributed by atoms with E-state index >= 15 is 0 Å². The Bertz CT molecular complexity index is 903. The molecule has 1 amide bonds. The maximum Gasteiger partial charge on any atom is 0.416 e. The molecule has 162 valence electrons. The third-order valence-corrected chi connectivity index (χ3v) is 6.28. The molecule has 0 aliphatic carbocycles. The summed E-state index contributed by atoms with van der Waals surface area (Å²) in [6.07, 6.45) is 0.691. The van der Waals surface area contributed by atoms with Gasteiger partial charge in [0, 0.05) is 24.7 Å². The molecule has 4 nitrogen and oxygen atoms in total. The van der Waals surface area contributed by atoms with Gasteiger partial charge in [-0.05, 0) is 61.2 Å². The summed E-state index contributed by atoms with van der Waals surface area (Å²) in [5, 5.41) is 2.92. The first-order valence-electron chi connectivity index (χ1n) is 9.99. The summed E-state index contributed by atoms with van der Waals surface area (Å²) in [5.41, 5.74) is 1.72. The number of carbonyl (C=O) groups is 1. The Morgan fingerprint density at radius 3 is 2.53 bits per heavy atom. The van der Waals surface area contributed by atoms with Crippen LogP contribution in [-0.2, 0) is 11.0 Å². The highest BCUT2D eigenvalue weighted by atomic mass is 35.5.